The van der Waals surface area contributed by atoms with Gasteiger partial charge in [-0.15, -0.1) is 0 Å². The summed E-state index contributed by atoms with van der Waals surface area (Å²) in [6.45, 7) is 7.01. The van der Waals surface area contributed by atoms with Crippen LogP contribution in [0.2, 0.25) is 0 Å². The fourth-order valence-electron chi connectivity index (χ4n) is 4.42. The number of likely N-dealkylation sites (tertiary alicyclic amines) is 1. The maximum Gasteiger partial charge on any atom is 0.227 e. The summed E-state index contributed by atoms with van der Waals surface area (Å²) in [7, 11) is 0. The first-order chi connectivity index (χ1) is 14.1. The van der Waals surface area contributed by atoms with Crippen molar-refractivity contribution in [3.63, 3.8) is 0 Å². The van der Waals surface area contributed by atoms with Crippen molar-refractivity contribution in [1.29, 1.82) is 0 Å². The van der Waals surface area contributed by atoms with Gasteiger partial charge in [0.05, 0.1) is 5.70 Å². The van der Waals surface area contributed by atoms with Gasteiger partial charge < -0.3 is 15.4 Å². The zero-order valence-electron chi connectivity index (χ0n) is 17.1. The van der Waals surface area contributed by atoms with Crippen molar-refractivity contribution >= 4 is 5.91 Å². The summed E-state index contributed by atoms with van der Waals surface area (Å²) in [4.78, 5) is 16.3. The van der Waals surface area contributed by atoms with E-state index >= 15 is 0 Å². The van der Waals surface area contributed by atoms with Crippen molar-refractivity contribution in [2.24, 2.45) is 5.73 Å². The topological polar surface area (TPSA) is 58.8 Å². The number of carbonyl (C=O) groups excluding carboxylic acids is 1. The molecule has 0 unspecified atom stereocenters. The van der Waals surface area contributed by atoms with Crippen LogP contribution in [0.5, 0.6) is 5.75 Å². The zero-order chi connectivity index (χ0) is 20.2. The molecule has 0 spiro atoms. The van der Waals surface area contributed by atoms with Crippen molar-refractivity contribution in [1.82, 2.24) is 9.80 Å². The fourth-order valence-corrected chi connectivity index (χ4v) is 4.42. The van der Waals surface area contributed by atoms with E-state index < -0.39 is 0 Å². The van der Waals surface area contributed by atoms with Gasteiger partial charge in [0.15, 0.2) is 0 Å². The fraction of sp³-hybridized carbons (Fsp3) is 0.458. The highest BCUT2D eigenvalue weighted by Crippen LogP contribution is 2.29. The van der Waals surface area contributed by atoms with Crippen molar-refractivity contribution in [2.75, 3.05) is 19.6 Å². The second-order valence-electron chi connectivity index (χ2n) is 8.19. The summed E-state index contributed by atoms with van der Waals surface area (Å²) in [5.74, 6) is 1.45. The minimum absolute atomic E-state index is 0.111. The van der Waals surface area contributed by atoms with E-state index in [1.807, 2.05) is 6.07 Å². The van der Waals surface area contributed by atoms with Gasteiger partial charge in [-0.25, -0.2) is 0 Å². The lowest BCUT2D eigenvalue weighted by atomic mass is 9.91. The second kappa shape index (κ2) is 8.87. The third-order valence-electron chi connectivity index (χ3n) is 6.35. The first-order valence-corrected chi connectivity index (χ1v) is 10.8. The summed E-state index contributed by atoms with van der Waals surface area (Å²) in [6.07, 6.45) is 12.8. The summed E-state index contributed by atoms with van der Waals surface area (Å²) in [6, 6.07) is 7.18. The van der Waals surface area contributed by atoms with Crippen LogP contribution in [0.15, 0.2) is 54.6 Å². The van der Waals surface area contributed by atoms with Gasteiger partial charge in [0, 0.05) is 38.3 Å². The van der Waals surface area contributed by atoms with Crippen LogP contribution < -0.4 is 10.5 Å². The van der Waals surface area contributed by atoms with Crippen LogP contribution in [0, 0.1) is 0 Å². The molecule has 2 aliphatic heterocycles. The molecule has 2 fully saturated rings. The monoisotopic (exact) mass is 393 g/mol. The van der Waals surface area contributed by atoms with Gasteiger partial charge in [-0.05, 0) is 67.5 Å². The van der Waals surface area contributed by atoms with Crippen LogP contribution >= 0.6 is 0 Å². The van der Waals surface area contributed by atoms with E-state index in [1.165, 1.54) is 36.6 Å². The van der Waals surface area contributed by atoms with E-state index in [9.17, 15) is 4.79 Å². The minimum atomic E-state index is 0.111. The van der Waals surface area contributed by atoms with Gasteiger partial charge >= 0.3 is 0 Å². The number of hydrogen-bond donors (Lipinski definition) is 1. The van der Waals surface area contributed by atoms with Crippen LogP contribution in [0.4, 0.5) is 0 Å². The molecule has 4 rings (SSSR count). The lowest BCUT2D eigenvalue weighted by Crippen LogP contribution is -2.41. The molecule has 1 aromatic rings. The number of allylic oxidation sites excluding steroid dienone is 2. The van der Waals surface area contributed by atoms with Crippen molar-refractivity contribution in [2.45, 2.75) is 51.0 Å². The van der Waals surface area contributed by atoms with Gasteiger partial charge in [0.25, 0.3) is 0 Å². The van der Waals surface area contributed by atoms with E-state index in [0.717, 1.165) is 44.1 Å². The number of hydrogen-bond acceptors (Lipinski definition) is 4. The molecule has 5 heteroatoms. The molecular formula is C24H31N3O2. The van der Waals surface area contributed by atoms with Crippen LogP contribution in [0.1, 0.15) is 43.2 Å². The first kappa shape index (κ1) is 19.8. The number of fused-ring (bicyclic) bond motifs is 1. The Morgan fingerprint density at radius 3 is 2.52 bits per heavy atom. The molecular weight excluding hydrogens is 362 g/mol. The number of benzene rings is 1. The van der Waals surface area contributed by atoms with E-state index in [0.29, 0.717) is 24.4 Å². The highest BCUT2D eigenvalue weighted by atomic mass is 16.5. The molecule has 1 amide bonds. The molecule has 2 N–H and O–H groups in total. The molecule has 0 radical (unpaired) electrons. The summed E-state index contributed by atoms with van der Waals surface area (Å²) in [5.41, 5.74) is 9.21. The largest absolute Gasteiger partial charge is 0.458 e. The molecule has 1 saturated carbocycles. The molecule has 5 nitrogen and oxygen atoms in total. The molecule has 1 aliphatic carbocycles. The molecule has 0 aromatic heterocycles. The van der Waals surface area contributed by atoms with E-state index in [4.69, 9.17) is 10.5 Å². The molecule has 1 aromatic carbocycles. The van der Waals surface area contributed by atoms with Crippen LogP contribution in [0.25, 0.3) is 0 Å². The van der Waals surface area contributed by atoms with Gasteiger partial charge in [-0.3, -0.25) is 9.69 Å². The maximum absolute atomic E-state index is 11.9. The Morgan fingerprint density at radius 2 is 1.86 bits per heavy atom. The van der Waals surface area contributed by atoms with Gasteiger partial charge in [0.2, 0.25) is 5.91 Å². The number of amides is 1. The van der Waals surface area contributed by atoms with E-state index in [1.54, 1.807) is 17.1 Å². The Labute approximate surface area is 173 Å². The number of ether oxygens (including phenoxy) is 1. The number of carbonyl (C=O) groups is 1. The smallest absolute Gasteiger partial charge is 0.227 e. The Balaban J connectivity index is 1.37. The van der Waals surface area contributed by atoms with Crippen LogP contribution in [0.3, 0.4) is 0 Å². The van der Waals surface area contributed by atoms with E-state index in [-0.39, 0.29) is 5.91 Å². The second-order valence-corrected chi connectivity index (χ2v) is 8.19. The molecule has 2 heterocycles. The highest BCUT2D eigenvalue weighted by molar-refractivity contribution is 5.80. The first-order valence-electron chi connectivity index (χ1n) is 10.8. The zero-order valence-corrected chi connectivity index (χ0v) is 17.1. The number of rotatable bonds is 6. The number of nitrogens with zero attached hydrogens (tertiary/aromatic N) is 2. The van der Waals surface area contributed by atoms with Gasteiger partial charge in [-0.1, -0.05) is 19.1 Å². The minimum Gasteiger partial charge on any atom is -0.458 e. The Kier molecular flexibility index (Phi) is 6.05. The lowest BCUT2D eigenvalue weighted by molar-refractivity contribution is -0.125. The standard InChI is InChI=1S/C24H31N3O2/c1-18(7-9-22(17-25)27-13-3-6-24(27)28)29-23-10-8-19-11-14-26(21-4-2-5-21)15-12-20(19)16-23/h7-10,16-17,21H,1-6,11-15,25H2/b9-7-,22-17+. The summed E-state index contributed by atoms with van der Waals surface area (Å²) >= 11 is 0. The third-order valence-corrected chi connectivity index (χ3v) is 6.35. The SMILES string of the molecule is C=C(/C=C\C(=C/N)N1CCCC1=O)Oc1ccc2c(c1)CCN(C1CCC1)CC2. The maximum atomic E-state index is 11.9. The third kappa shape index (κ3) is 4.56. The molecule has 3 aliphatic rings. The Bertz CT molecular complexity index is 839. The lowest BCUT2D eigenvalue weighted by Gasteiger charge is -2.36. The predicted octanol–water partition coefficient (Wildman–Crippen LogP) is 3.51. The van der Waals surface area contributed by atoms with Crippen LogP contribution in [-0.2, 0) is 17.6 Å². The predicted molar refractivity (Wildman–Crippen MR) is 115 cm³/mol. The van der Waals surface area contributed by atoms with E-state index in [2.05, 4.69) is 23.6 Å². The summed E-state index contributed by atoms with van der Waals surface area (Å²) < 4.78 is 5.95. The quantitative estimate of drug-likeness (QED) is 0.594. The van der Waals surface area contributed by atoms with Crippen molar-refractivity contribution in [3.8, 4) is 5.75 Å². The average molecular weight is 394 g/mol. The molecule has 154 valence electrons. The molecule has 29 heavy (non-hydrogen) atoms. The van der Waals surface area contributed by atoms with Gasteiger partial charge in [-0.2, -0.15) is 0 Å². The Hall–Kier alpha value is -2.53. The molecule has 0 bridgehead atoms. The normalized spacial score (nSPS) is 21.2. The average Bonchev–Trinajstić information content (AvgIpc) is 2.98. The number of nitrogens with two attached hydrogens (primary N) is 1. The van der Waals surface area contributed by atoms with Crippen LogP contribution in [-0.4, -0.2) is 41.4 Å². The highest BCUT2D eigenvalue weighted by Gasteiger charge is 2.26. The van der Waals surface area contributed by atoms with Crippen molar-refractivity contribution < 1.29 is 9.53 Å². The Morgan fingerprint density at radius 1 is 1.07 bits per heavy atom. The molecule has 0 atom stereocenters. The molecule has 1 saturated heterocycles. The van der Waals surface area contributed by atoms with Gasteiger partial charge in [0.1, 0.15) is 11.5 Å². The van der Waals surface area contributed by atoms with Crippen molar-refractivity contribution in [3.05, 3.63) is 65.7 Å². The summed E-state index contributed by atoms with van der Waals surface area (Å²) in [5, 5.41) is 0.